The van der Waals surface area contributed by atoms with Crippen molar-refractivity contribution in [1.29, 1.82) is 0 Å². The second-order valence-corrected chi connectivity index (χ2v) is 9.35. The number of halogens is 3. The zero-order valence-corrected chi connectivity index (χ0v) is 20.4. The Hall–Kier alpha value is -3.25. The van der Waals surface area contributed by atoms with Crippen LogP contribution < -0.4 is 9.47 Å². The van der Waals surface area contributed by atoms with Gasteiger partial charge in [0.25, 0.3) is 0 Å². The third kappa shape index (κ3) is 5.93. The lowest BCUT2D eigenvalue weighted by atomic mass is 9.78. The summed E-state index contributed by atoms with van der Waals surface area (Å²) < 4.78 is 55.2. The van der Waals surface area contributed by atoms with Gasteiger partial charge in [0.2, 0.25) is 0 Å². The molecule has 0 aliphatic heterocycles. The fourth-order valence-corrected chi connectivity index (χ4v) is 4.74. The average molecular weight is 497 g/mol. The first-order valence-electron chi connectivity index (χ1n) is 12.3. The van der Waals surface area contributed by atoms with Gasteiger partial charge in [0.15, 0.2) is 23.2 Å². The molecule has 190 valence electrons. The lowest BCUT2D eigenvalue weighted by molar-refractivity contribution is 0.198. The summed E-state index contributed by atoms with van der Waals surface area (Å²) in [5.41, 5.74) is 1.91. The van der Waals surface area contributed by atoms with Crippen LogP contribution >= 0.6 is 0 Å². The standard InChI is InChI=1S/C30H31F3O3/c1-3-16-35-28-15-12-24(17-27(28)31)36-18-20-4-6-22(7-5-20)25-13-14-26(30(33)29(25)32)23-10-8-21(9-11-23)19(2)34/h3,8-15,17,19-20,22,34H,1,4-7,16,18H2,2H3. The van der Waals surface area contributed by atoms with Crippen molar-refractivity contribution in [3.63, 3.8) is 0 Å². The summed E-state index contributed by atoms with van der Waals surface area (Å²) >= 11 is 0. The van der Waals surface area contributed by atoms with Crippen molar-refractivity contribution in [2.24, 2.45) is 5.92 Å². The Kier molecular flexibility index (Phi) is 8.36. The van der Waals surface area contributed by atoms with Gasteiger partial charge in [-0.15, -0.1) is 0 Å². The topological polar surface area (TPSA) is 38.7 Å². The second kappa shape index (κ2) is 11.7. The maximum atomic E-state index is 15.1. The molecule has 0 amide bonds. The predicted octanol–water partition coefficient (Wildman–Crippen LogP) is 7.74. The van der Waals surface area contributed by atoms with Gasteiger partial charge < -0.3 is 14.6 Å². The smallest absolute Gasteiger partial charge is 0.168 e. The third-order valence-corrected chi connectivity index (χ3v) is 6.85. The number of rotatable bonds is 9. The number of aliphatic hydroxyl groups is 1. The van der Waals surface area contributed by atoms with Crippen LogP contribution in [0.5, 0.6) is 11.5 Å². The molecule has 1 aliphatic rings. The molecule has 4 rings (SSSR count). The summed E-state index contributed by atoms with van der Waals surface area (Å²) in [6.07, 6.45) is 4.03. The Morgan fingerprint density at radius 2 is 1.67 bits per heavy atom. The summed E-state index contributed by atoms with van der Waals surface area (Å²) in [5, 5.41) is 9.66. The predicted molar refractivity (Wildman–Crippen MR) is 135 cm³/mol. The molecule has 6 heteroatoms. The number of benzene rings is 3. The third-order valence-electron chi connectivity index (χ3n) is 6.85. The van der Waals surface area contributed by atoms with Crippen LogP contribution in [0.3, 0.4) is 0 Å². The maximum absolute atomic E-state index is 15.1. The fraction of sp³-hybridized carbons (Fsp3) is 0.333. The highest BCUT2D eigenvalue weighted by Gasteiger charge is 2.27. The van der Waals surface area contributed by atoms with Gasteiger partial charge in [-0.1, -0.05) is 49.1 Å². The van der Waals surface area contributed by atoms with E-state index in [1.54, 1.807) is 55.5 Å². The summed E-state index contributed by atoms with van der Waals surface area (Å²) in [4.78, 5) is 0. The Bertz CT molecular complexity index is 1180. The molecule has 36 heavy (non-hydrogen) atoms. The van der Waals surface area contributed by atoms with E-state index in [1.807, 2.05) is 0 Å². The van der Waals surface area contributed by atoms with E-state index in [0.29, 0.717) is 23.5 Å². The second-order valence-electron chi connectivity index (χ2n) is 9.35. The van der Waals surface area contributed by atoms with Crippen molar-refractivity contribution < 1.29 is 27.8 Å². The van der Waals surface area contributed by atoms with E-state index in [-0.39, 0.29) is 29.8 Å². The van der Waals surface area contributed by atoms with Crippen molar-refractivity contribution in [2.75, 3.05) is 13.2 Å². The maximum Gasteiger partial charge on any atom is 0.168 e. The summed E-state index contributed by atoms with van der Waals surface area (Å²) in [6, 6.07) is 14.7. The van der Waals surface area contributed by atoms with E-state index >= 15 is 4.39 Å². The van der Waals surface area contributed by atoms with Crippen LogP contribution in [-0.2, 0) is 0 Å². The fourth-order valence-electron chi connectivity index (χ4n) is 4.74. The Morgan fingerprint density at radius 3 is 2.31 bits per heavy atom. The quantitative estimate of drug-likeness (QED) is 0.308. The minimum atomic E-state index is -0.842. The van der Waals surface area contributed by atoms with Crippen LogP contribution in [0.15, 0.2) is 67.3 Å². The molecule has 1 saturated carbocycles. The van der Waals surface area contributed by atoms with E-state index in [2.05, 4.69) is 6.58 Å². The molecule has 1 fully saturated rings. The lowest BCUT2D eigenvalue weighted by Gasteiger charge is -2.29. The number of ether oxygens (including phenoxy) is 2. The molecule has 3 nitrogen and oxygen atoms in total. The minimum absolute atomic E-state index is 0.0545. The highest BCUT2D eigenvalue weighted by atomic mass is 19.2. The molecule has 0 saturated heterocycles. The minimum Gasteiger partial charge on any atom is -0.493 e. The number of hydrogen-bond donors (Lipinski definition) is 1. The normalized spacial score (nSPS) is 18.5. The first-order chi connectivity index (χ1) is 17.4. The summed E-state index contributed by atoms with van der Waals surface area (Å²) in [5.74, 6) is -1.32. The highest BCUT2D eigenvalue weighted by molar-refractivity contribution is 5.65. The van der Waals surface area contributed by atoms with Gasteiger partial charge in [0.05, 0.1) is 12.7 Å². The van der Waals surface area contributed by atoms with Crippen LogP contribution in [0.4, 0.5) is 13.2 Å². The summed E-state index contributed by atoms with van der Waals surface area (Å²) in [6.45, 7) is 5.87. The van der Waals surface area contributed by atoms with Crippen LogP contribution in [-0.4, -0.2) is 18.3 Å². The van der Waals surface area contributed by atoms with Crippen molar-refractivity contribution in [2.45, 2.75) is 44.6 Å². The van der Waals surface area contributed by atoms with Gasteiger partial charge >= 0.3 is 0 Å². The molecule has 0 spiro atoms. The molecule has 0 aromatic heterocycles. The molecule has 1 aliphatic carbocycles. The number of hydrogen-bond acceptors (Lipinski definition) is 3. The zero-order chi connectivity index (χ0) is 25.7. The zero-order valence-electron chi connectivity index (χ0n) is 20.4. The molecule has 0 heterocycles. The number of aliphatic hydroxyl groups excluding tert-OH is 1. The van der Waals surface area contributed by atoms with E-state index in [1.165, 1.54) is 12.1 Å². The van der Waals surface area contributed by atoms with Gasteiger partial charge in [-0.2, -0.15) is 0 Å². The summed E-state index contributed by atoms with van der Waals surface area (Å²) in [7, 11) is 0. The van der Waals surface area contributed by atoms with Crippen LogP contribution in [0.1, 0.15) is 55.8 Å². The van der Waals surface area contributed by atoms with Crippen molar-refractivity contribution in [1.82, 2.24) is 0 Å². The van der Waals surface area contributed by atoms with E-state index in [4.69, 9.17) is 9.47 Å². The van der Waals surface area contributed by atoms with Gasteiger partial charge in [0, 0.05) is 11.6 Å². The van der Waals surface area contributed by atoms with E-state index in [9.17, 15) is 13.9 Å². The molecule has 1 unspecified atom stereocenters. The van der Waals surface area contributed by atoms with Crippen LogP contribution in [0, 0.1) is 23.4 Å². The van der Waals surface area contributed by atoms with Crippen LogP contribution in [0.25, 0.3) is 11.1 Å². The molecular formula is C30H31F3O3. The van der Waals surface area contributed by atoms with Crippen molar-refractivity contribution in [3.8, 4) is 22.6 Å². The lowest BCUT2D eigenvalue weighted by Crippen LogP contribution is -2.20. The Balaban J connectivity index is 1.34. The van der Waals surface area contributed by atoms with Gasteiger partial charge in [0.1, 0.15) is 12.4 Å². The monoisotopic (exact) mass is 496 g/mol. The van der Waals surface area contributed by atoms with Crippen LogP contribution in [0.2, 0.25) is 0 Å². The molecule has 0 radical (unpaired) electrons. The first kappa shape index (κ1) is 25.8. The Labute approximate surface area is 210 Å². The molecule has 1 atom stereocenters. The molecule has 3 aromatic rings. The highest BCUT2D eigenvalue weighted by Crippen LogP contribution is 2.39. The Morgan fingerprint density at radius 1 is 0.944 bits per heavy atom. The molecule has 3 aromatic carbocycles. The largest absolute Gasteiger partial charge is 0.493 e. The van der Waals surface area contributed by atoms with Gasteiger partial charge in [-0.25, -0.2) is 13.2 Å². The van der Waals surface area contributed by atoms with Gasteiger partial charge in [-0.05, 0) is 73.3 Å². The van der Waals surface area contributed by atoms with Crippen molar-refractivity contribution >= 4 is 0 Å². The molecule has 1 N–H and O–H groups in total. The molecular weight excluding hydrogens is 465 g/mol. The molecule has 0 bridgehead atoms. The first-order valence-corrected chi connectivity index (χ1v) is 12.3. The van der Waals surface area contributed by atoms with E-state index in [0.717, 1.165) is 31.2 Å². The van der Waals surface area contributed by atoms with Gasteiger partial charge in [-0.3, -0.25) is 0 Å². The van der Waals surface area contributed by atoms with Crippen molar-refractivity contribution in [3.05, 3.63) is 95.8 Å². The van der Waals surface area contributed by atoms with E-state index < -0.39 is 23.6 Å². The average Bonchev–Trinajstić information content (AvgIpc) is 2.89. The SMILES string of the molecule is C=CCOc1ccc(OCC2CCC(c3ccc(-c4ccc(C(C)O)cc4)c(F)c3F)CC2)cc1F.